The highest BCUT2D eigenvalue weighted by Crippen LogP contribution is 2.22. The van der Waals surface area contributed by atoms with Gasteiger partial charge in [0.05, 0.1) is 5.84 Å². The summed E-state index contributed by atoms with van der Waals surface area (Å²) in [6, 6.07) is 8.42. The Labute approximate surface area is 124 Å². The van der Waals surface area contributed by atoms with Crippen molar-refractivity contribution in [2.75, 3.05) is 13.6 Å². The minimum Gasteiger partial charge on any atom is -0.387 e. The highest BCUT2D eigenvalue weighted by atomic mass is 79.9. The summed E-state index contributed by atoms with van der Waals surface area (Å²) in [5.41, 5.74) is 6.72. The molecule has 0 saturated heterocycles. The van der Waals surface area contributed by atoms with Crippen molar-refractivity contribution in [1.82, 2.24) is 4.90 Å². The zero-order valence-electron chi connectivity index (χ0n) is 12.0. The Kier molecular flexibility index (Phi) is 6.01. The summed E-state index contributed by atoms with van der Waals surface area (Å²) in [5.74, 6) is 0.281. The Balaban J connectivity index is 2.34. The SMILES string of the molecule is CN(CCCC(C)(C)C(=N)N)Cc1ccc(Br)cc1. The van der Waals surface area contributed by atoms with Gasteiger partial charge in [0, 0.05) is 16.4 Å². The van der Waals surface area contributed by atoms with E-state index in [1.54, 1.807) is 0 Å². The monoisotopic (exact) mass is 325 g/mol. The Morgan fingerprint density at radius 3 is 2.42 bits per heavy atom. The Hall–Kier alpha value is -0.870. The lowest BCUT2D eigenvalue weighted by molar-refractivity contribution is 0.300. The molecule has 0 radical (unpaired) electrons. The van der Waals surface area contributed by atoms with Gasteiger partial charge in [-0.05, 0) is 44.1 Å². The van der Waals surface area contributed by atoms with Gasteiger partial charge in [-0.1, -0.05) is 41.9 Å². The van der Waals surface area contributed by atoms with E-state index in [-0.39, 0.29) is 11.3 Å². The molecule has 4 heteroatoms. The first kappa shape index (κ1) is 16.2. The largest absolute Gasteiger partial charge is 0.387 e. The maximum absolute atomic E-state index is 7.54. The lowest BCUT2D eigenvalue weighted by atomic mass is 9.86. The molecule has 0 amide bonds. The van der Waals surface area contributed by atoms with Gasteiger partial charge >= 0.3 is 0 Å². The van der Waals surface area contributed by atoms with E-state index in [0.29, 0.717) is 0 Å². The highest BCUT2D eigenvalue weighted by molar-refractivity contribution is 9.10. The van der Waals surface area contributed by atoms with E-state index in [9.17, 15) is 0 Å². The fourth-order valence-corrected chi connectivity index (χ4v) is 2.17. The van der Waals surface area contributed by atoms with Crippen molar-refractivity contribution < 1.29 is 0 Å². The number of halogens is 1. The Morgan fingerprint density at radius 1 is 1.32 bits per heavy atom. The van der Waals surface area contributed by atoms with Gasteiger partial charge < -0.3 is 10.6 Å². The molecule has 0 aliphatic rings. The van der Waals surface area contributed by atoms with Crippen molar-refractivity contribution in [1.29, 1.82) is 5.41 Å². The Morgan fingerprint density at radius 2 is 1.89 bits per heavy atom. The maximum Gasteiger partial charge on any atom is 0.0963 e. The third-order valence-electron chi connectivity index (χ3n) is 3.44. The van der Waals surface area contributed by atoms with Crippen LogP contribution in [0.2, 0.25) is 0 Å². The van der Waals surface area contributed by atoms with Crippen LogP contribution in [0.15, 0.2) is 28.7 Å². The van der Waals surface area contributed by atoms with Crippen molar-refractivity contribution in [2.45, 2.75) is 33.2 Å². The van der Waals surface area contributed by atoms with Crippen LogP contribution < -0.4 is 5.73 Å². The maximum atomic E-state index is 7.54. The van der Waals surface area contributed by atoms with Crippen molar-refractivity contribution in [3.63, 3.8) is 0 Å². The number of benzene rings is 1. The van der Waals surface area contributed by atoms with E-state index >= 15 is 0 Å². The predicted molar refractivity (Wildman–Crippen MR) is 85.4 cm³/mol. The van der Waals surface area contributed by atoms with Gasteiger partial charge in [-0.3, -0.25) is 5.41 Å². The lowest BCUT2D eigenvalue weighted by Crippen LogP contribution is -2.31. The van der Waals surface area contributed by atoms with E-state index < -0.39 is 0 Å². The van der Waals surface area contributed by atoms with E-state index in [4.69, 9.17) is 11.1 Å². The molecule has 19 heavy (non-hydrogen) atoms. The topological polar surface area (TPSA) is 53.1 Å². The van der Waals surface area contributed by atoms with Crippen molar-refractivity contribution in [3.05, 3.63) is 34.3 Å². The first-order valence-electron chi connectivity index (χ1n) is 6.59. The molecule has 1 rings (SSSR count). The fraction of sp³-hybridized carbons (Fsp3) is 0.533. The van der Waals surface area contributed by atoms with E-state index in [0.717, 1.165) is 30.4 Å². The third kappa shape index (κ3) is 5.74. The second-order valence-corrected chi connectivity index (χ2v) is 6.68. The van der Waals surface area contributed by atoms with Crippen LogP contribution in [0.25, 0.3) is 0 Å². The number of hydrogen-bond donors (Lipinski definition) is 2. The van der Waals surface area contributed by atoms with E-state index in [2.05, 4.69) is 52.1 Å². The number of amidine groups is 1. The second-order valence-electron chi connectivity index (χ2n) is 5.77. The molecular weight excluding hydrogens is 302 g/mol. The summed E-state index contributed by atoms with van der Waals surface area (Å²) < 4.78 is 1.11. The van der Waals surface area contributed by atoms with Crippen molar-refractivity contribution in [2.24, 2.45) is 11.1 Å². The van der Waals surface area contributed by atoms with E-state index in [1.165, 1.54) is 5.56 Å². The molecular formula is C15H24BrN3. The molecule has 3 nitrogen and oxygen atoms in total. The summed E-state index contributed by atoms with van der Waals surface area (Å²) in [5, 5.41) is 7.54. The number of hydrogen-bond acceptors (Lipinski definition) is 2. The molecule has 0 heterocycles. The van der Waals surface area contributed by atoms with Crippen LogP contribution >= 0.6 is 15.9 Å². The summed E-state index contributed by atoms with van der Waals surface area (Å²) >= 11 is 3.44. The number of nitrogens with two attached hydrogens (primary N) is 1. The van der Waals surface area contributed by atoms with Gasteiger partial charge in [0.15, 0.2) is 0 Å². The zero-order chi connectivity index (χ0) is 14.5. The van der Waals surface area contributed by atoms with Crippen molar-refractivity contribution in [3.8, 4) is 0 Å². The number of nitrogens with zero attached hydrogens (tertiary/aromatic N) is 1. The van der Waals surface area contributed by atoms with Crippen LogP contribution in [0, 0.1) is 10.8 Å². The quantitative estimate of drug-likeness (QED) is 0.594. The average Bonchev–Trinajstić information content (AvgIpc) is 2.31. The third-order valence-corrected chi connectivity index (χ3v) is 3.97. The molecule has 0 saturated carbocycles. The van der Waals surface area contributed by atoms with Crippen LogP contribution in [-0.4, -0.2) is 24.3 Å². The van der Waals surface area contributed by atoms with Gasteiger partial charge in [0.2, 0.25) is 0 Å². The summed E-state index contributed by atoms with van der Waals surface area (Å²) in [4.78, 5) is 2.31. The molecule has 1 aromatic carbocycles. The summed E-state index contributed by atoms with van der Waals surface area (Å²) in [6.07, 6.45) is 2.01. The summed E-state index contributed by atoms with van der Waals surface area (Å²) in [7, 11) is 2.13. The normalized spacial score (nSPS) is 11.8. The van der Waals surface area contributed by atoms with Gasteiger partial charge in [0.1, 0.15) is 0 Å². The Bertz CT molecular complexity index is 412. The number of nitrogens with one attached hydrogen (secondary N) is 1. The minimum absolute atomic E-state index is 0.182. The minimum atomic E-state index is -0.182. The van der Waals surface area contributed by atoms with Crippen LogP contribution in [0.1, 0.15) is 32.3 Å². The van der Waals surface area contributed by atoms with Gasteiger partial charge in [-0.2, -0.15) is 0 Å². The molecule has 106 valence electrons. The fourth-order valence-electron chi connectivity index (χ4n) is 1.91. The molecule has 0 bridgehead atoms. The number of rotatable bonds is 7. The van der Waals surface area contributed by atoms with Gasteiger partial charge in [-0.25, -0.2) is 0 Å². The molecule has 3 N–H and O–H groups in total. The molecule has 0 aliphatic heterocycles. The van der Waals surface area contributed by atoms with Crippen LogP contribution in [0.3, 0.4) is 0 Å². The molecule has 1 aromatic rings. The molecule has 0 aromatic heterocycles. The van der Waals surface area contributed by atoms with Crippen LogP contribution in [0.4, 0.5) is 0 Å². The smallest absolute Gasteiger partial charge is 0.0963 e. The zero-order valence-corrected chi connectivity index (χ0v) is 13.6. The molecule has 0 aliphatic carbocycles. The van der Waals surface area contributed by atoms with Gasteiger partial charge in [0.25, 0.3) is 0 Å². The van der Waals surface area contributed by atoms with Crippen LogP contribution in [-0.2, 0) is 6.54 Å². The molecule has 0 unspecified atom stereocenters. The molecule has 0 atom stereocenters. The first-order chi connectivity index (χ1) is 8.81. The molecule has 0 spiro atoms. The average molecular weight is 326 g/mol. The van der Waals surface area contributed by atoms with E-state index in [1.807, 2.05) is 13.8 Å². The summed E-state index contributed by atoms with van der Waals surface area (Å²) in [6.45, 7) is 6.04. The van der Waals surface area contributed by atoms with Gasteiger partial charge in [-0.15, -0.1) is 0 Å². The second kappa shape index (κ2) is 7.06. The standard InChI is InChI=1S/C15H24BrN3/c1-15(2,14(17)18)9-4-10-19(3)11-12-5-7-13(16)8-6-12/h5-8H,4,9-11H2,1-3H3,(H3,17,18). The van der Waals surface area contributed by atoms with Crippen LogP contribution in [0.5, 0.6) is 0 Å². The molecule has 0 fully saturated rings. The van der Waals surface area contributed by atoms with Crippen molar-refractivity contribution >= 4 is 21.8 Å². The highest BCUT2D eigenvalue weighted by Gasteiger charge is 2.20. The lowest BCUT2D eigenvalue weighted by Gasteiger charge is -2.24. The predicted octanol–water partition coefficient (Wildman–Crippen LogP) is 3.62. The first-order valence-corrected chi connectivity index (χ1v) is 7.38.